The molecular formula is C26H31ClN9O2P. The summed E-state index contributed by atoms with van der Waals surface area (Å²) in [6.07, 6.45) is 5.78. The van der Waals surface area contributed by atoms with Crippen molar-refractivity contribution in [3.63, 3.8) is 0 Å². The first-order valence-corrected chi connectivity index (χ1v) is 15.4. The van der Waals surface area contributed by atoms with E-state index >= 15 is 0 Å². The average Bonchev–Trinajstić information content (AvgIpc) is 3.41. The molecule has 0 aliphatic carbocycles. The van der Waals surface area contributed by atoms with E-state index in [4.69, 9.17) is 21.3 Å². The van der Waals surface area contributed by atoms with Gasteiger partial charge in [0, 0.05) is 31.5 Å². The fraction of sp³-hybridized carbons (Fsp3) is 0.346. The van der Waals surface area contributed by atoms with E-state index in [-0.39, 0.29) is 0 Å². The molecule has 39 heavy (non-hydrogen) atoms. The smallest absolute Gasteiger partial charge is 0.239 e. The van der Waals surface area contributed by atoms with Crippen LogP contribution in [0.2, 0.25) is 5.02 Å². The van der Waals surface area contributed by atoms with E-state index in [2.05, 4.69) is 54.5 Å². The molecule has 0 radical (unpaired) electrons. The van der Waals surface area contributed by atoms with Gasteiger partial charge in [-0.25, -0.2) is 4.98 Å². The lowest BCUT2D eigenvalue weighted by molar-refractivity contribution is 0.315. The number of rotatable bonds is 8. The minimum Gasteiger partial charge on any atom is -0.479 e. The molecule has 13 heteroatoms. The van der Waals surface area contributed by atoms with Gasteiger partial charge >= 0.3 is 0 Å². The van der Waals surface area contributed by atoms with E-state index in [1.807, 2.05) is 24.3 Å². The van der Waals surface area contributed by atoms with Gasteiger partial charge in [0.1, 0.15) is 29.2 Å². The highest BCUT2D eigenvalue weighted by atomic mass is 35.5. The summed E-state index contributed by atoms with van der Waals surface area (Å²) in [6, 6.07) is 7.98. The summed E-state index contributed by atoms with van der Waals surface area (Å²) in [5, 5.41) is 7.30. The molecule has 1 aromatic carbocycles. The highest BCUT2D eigenvalue weighted by Crippen LogP contribution is 2.41. The molecule has 5 rings (SSSR count). The second-order valence-corrected chi connectivity index (χ2v) is 13.5. The molecule has 204 valence electrons. The van der Waals surface area contributed by atoms with Gasteiger partial charge in [-0.3, -0.25) is 9.97 Å². The van der Waals surface area contributed by atoms with Crippen LogP contribution in [0.4, 0.5) is 29.0 Å². The van der Waals surface area contributed by atoms with Crippen LogP contribution in [0.5, 0.6) is 5.88 Å². The van der Waals surface area contributed by atoms with Crippen molar-refractivity contribution in [1.29, 1.82) is 0 Å². The van der Waals surface area contributed by atoms with Crippen LogP contribution in [0.1, 0.15) is 6.42 Å². The monoisotopic (exact) mass is 567 g/mol. The van der Waals surface area contributed by atoms with Crippen LogP contribution in [-0.4, -0.2) is 83.5 Å². The van der Waals surface area contributed by atoms with E-state index < -0.39 is 7.14 Å². The van der Waals surface area contributed by atoms with E-state index in [0.717, 1.165) is 25.3 Å². The van der Waals surface area contributed by atoms with Crippen molar-refractivity contribution < 1.29 is 9.30 Å². The Hall–Kier alpha value is -3.53. The lowest BCUT2D eigenvalue weighted by Gasteiger charge is -2.22. The first kappa shape index (κ1) is 27.1. The van der Waals surface area contributed by atoms with Crippen LogP contribution in [-0.2, 0) is 4.57 Å². The first-order chi connectivity index (χ1) is 18.6. The third kappa shape index (κ3) is 5.75. The van der Waals surface area contributed by atoms with Crippen molar-refractivity contribution in [2.45, 2.75) is 12.5 Å². The maximum Gasteiger partial charge on any atom is 0.239 e. The molecule has 1 atom stereocenters. The first-order valence-electron chi connectivity index (χ1n) is 12.5. The molecule has 1 fully saturated rings. The molecule has 1 aliphatic rings. The summed E-state index contributed by atoms with van der Waals surface area (Å²) in [4.78, 5) is 26.9. The molecule has 11 nitrogen and oxygen atoms in total. The summed E-state index contributed by atoms with van der Waals surface area (Å²) in [7, 11) is 3.03. The second kappa shape index (κ2) is 10.9. The molecule has 0 spiro atoms. The number of pyridine rings is 1. The Labute approximate surface area is 232 Å². The summed E-state index contributed by atoms with van der Waals surface area (Å²) < 4.78 is 18.9. The van der Waals surface area contributed by atoms with E-state index in [1.165, 1.54) is 6.20 Å². The van der Waals surface area contributed by atoms with Gasteiger partial charge in [-0.1, -0.05) is 11.6 Å². The Morgan fingerprint density at radius 1 is 1.05 bits per heavy atom. The zero-order valence-electron chi connectivity index (χ0n) is 22.5. The number of nitrogens with zero attached hydrogens (tertiary/aromatic N) is 7. The SMILES string of the molecule is COc1nc(N2CCC(N(C)C)C2)ccc1Nc1ncc(Cl)c(Nc2ccc3nccnc3c2P(C)(C)=O)n1. The Bertz CT molecular complexity index is 1560. The second-order valence-electron chi connectivity index (χ2n) is 9.96. The number of likely N-dealkylation sites (N-methyl/N-ethyl adjacent to an activating group) is 1. The van der Waals surface area contributed by atoms with Gasteiger partial charge in [-0.05, 0) is 58.1 Å². The number of benzene rings is 1. The van der Waals surface area contributed by atoms with Gasteiger partial charge in [0.15, 0.2) is 5.82 Å². The van der Waals surface area contributed by atoms with Crippen molar-refractivity contribution in [1.82, 2.24) is 29.8 Å². The standard InChI is InChI=1S/C26H31ClN9O2P/c1-35(2)16-10-13-36(15-16)21-9-8-20(25(33-21)38-3)32-26-30-14-17(27)24(34-26)31-19-7-6-18-22(29-12-11-28-18)23(19)39(4,5)37/h6-9,11-12,14,16H,10,13,15H2,1-5H3,(H2,30,31,32,34). The Balaban J connectivity index is 1.42. The van der Waals surface area contributed by atoms with Crippen molar-refractivity contribution in [2.24, 2.45) is 0 Å². The lowest BCUT2D eigenvalue weighted by atomic mass is 10.2. The molecule has 3 aromatic heterocycles. The number of hydrogen-bond acceptors (Lipinski definition) is 11. The van der Waals surface area contributed by atoms with Gasteiger partial charge < -0.3 is 29.7 Å². The number of hydrogen-bond donors (Lipinski definition) is 2. The molecule has 1 saturated heterocycles. The number of fused-ring (bicyclic) bond motifs is 1. The van der Waals surface area contributed by atoms with Crippen molar-refractivity contribution in [3.05, 3.63) is 47.9 Å². The van der Waals surface area contributed by atoms with Gasteiger partial charge in [-0.2, -0.15) is 9.97 Å². The molecule has 1 aliphatic heterocycles. The van der Waals surface area contributed by atoms with Gasteiger partial charge in [0.05, 0.1) is 29.8 Å². The number of nitrogens with one attached hydrogen (secondary N) is 2. The highest BCUT2D eigenvalue weighted by molar-refractivity contribution is 7.71. The summed E-state index contributed by atoms with van der Waals surface area (Å²) >= 11 is 6.46. The third-order valence-corrected chi connectivity index (χ3v) is 8.46. The van der Waals surface area contributed by atoms with Crippen LogP contribution in [0.15, 0.2) is 42.9 Å². The summed E-state index contributed by atoms with van der Waals surface area (Å²) in [6.45, 7) is 5.24. The molecule has 4 aromatic rings. The zero-order chi connectivity index (χ0) is 27.7. The average molecular weight is 568 g/mol. The lowest BCUT2D eigenvalue weighted by Crippen LogP contribution is -2.31. The van der Waals surface area contributed by atoms with E-state index in [9.17, 15) is 4.57 Å². The Kier molecular flexibility index (Phi) is 7.57. The van der Waals surface area contributed by atoms with Gasteiger partial charge in [0.25, 0.3) is 0 Å². The fourth-order valence-electron chi connectivity index (χ4n) is 4.66. The molecule has 2 N–H and O–H groups in total. The predicted octanol–water partition coefficient (Wildman–Crippen LogP) is 4.35. The number of anilines is 5. The number of halogens is 1. The summed E-state index contributed by atoms with van der Waals surface area (Å²) in [5.74, 6) is 1.93. The van der Waals surface area contributed by atoms with Crippen LogP contribution in [0.25, 0.3) is 11.0 Å². The Morgan fingerprint density at radius 2 is 1.82 bits per heavy atom. The Morgan fingerprint density at radius 3 is 2.54 bits per heavy atom. The number of ether oxygens (including phenoxy) is 1. The summed E-state index contributed by atoms with van der Waals surface area (Å²) in [5.41, 5.74) is 2.44. The van der Waals surface area contributed by atoms with Crippen molar-refractivity contribution in [3.8, 4) is 5.88 Å². The van der Waals surface area contributed by atoms with Crippen molar-refractivity contribution in [2.75, 3.05) is 63.2 Å². The highest BCUT2D eigenvalue weighted by Gasteiger charge is 2.26. The van der Waals surface area contributed by atoms with Crippen LogP contribution in [0, 0.1) is 0 Å². The minimum absolute atomic E-state index is 0.293. The third-order valence-electron chi connectivity index (χ3n) is 6.65. The van der Waals surface area contributed by atoms with Gasteiger partial charge in [-0.15, -0.1) is 0 Å². The van der Waals surface area contributed by atoms with Crippen LogP contribution >= 0.6 is 18.7 Å². The predicted molar refractivity (Wildman–Crippen MR) is 157 cm³/mol. The van der Waals surface area contributed by atoms with Crippen LogP contribution < -0.4 is 25.6 Å². The molecule has 1 unspecified atom stereocenters. The largest absolute Gasteiger partial charge is 0.479 e. The molecule has 0 bridgehead atoms. The van der Waals surface area contributed by atoms with E-state index in [0.29, 0.717) is 56.4 Å². The van der Waals surface area contributed by atoms with Crippen molar-refractivity contribution >= 4 is 64.0 Å². The maximum atomic E-state index is 13.3. The maximum absolute atomic E-state index is 13.3. The minimum atomic E-state index is -2.75. The zero-order valence-corrected chi connectivity index (χ0v) is 24.2. The quantitative estimate of drug-likeness (QED) is 0.295. The molecular weight excluding hydrogens is 537 g/mol. The van der Waals surface area contributed by atoms with Crippen LogP contribution in [0.3, 0.4) is 0 Å². The molecule has 4 heterocycles. The normalized spacial score (nSPS) is 15.7. The number of methoxy groups -OCH3 is 1. The topological polar surface area (TPSA) is 121 Å². The molecule has 0 amide bonds. The van der Waals surface area contributed by atoms with Gasteiger partial charge in [0.2, 0.25) is 11.8 Å². The molecule has 0 saturated carbocycles. The van der Waals surface area contributed by atoms with E-state index in [1.54, 1.807) is 32.8 Å². The fourth-order valence-corrected chi connectivity index (χ4v) is 6.19. The number of aromatic nitrogens is 5.